The molecule has 0 N–H and O–H groups in total. The second-order valence-corrected chi connectivity index (χ2v) is 11.4. The van der Waals surface area contributed by atoms with E-state index < -0.39 is 6.04 Å². The van der Waals surface area contributed by atoms with Gasteiger partial charge in [-0.15, -0.1) is 0 Å². The molecule has 41 heavy (non-hydrogen) atoms. The zero-order valence-electron chi connectivity index (χ0n) is 27.7. The lowest BCUT2D eigenvalue weighted by molar-refractivity contribution is 0.660. The maximum atomic E-state index is 8.88. The third-order valence-corrected chi connectivity index (χ3v) is 9.01. The van der Waals surface area contributed by atoms with Gasteiger partial charge in [-0.05, 0) is 53.0 Å². The van der Waals surface area contributed by atoms with Gasteiger partial charge in [0.15, 0.2) is 0 Å². The van der Waals surface area contributed by atoms with Crippen LogP contribution >= 0.6 is 0 Å². The first kappa shape index (κ1) is 18.3. The summed E-state index contributed by atoms with van der Waals surface area (Å²) < 4.78 is 47.1. The molecule has 0 spiro atoms. The van der Waals surface area contributed by atoms with Crippen molar-refractivity contribution in [2.75, 3.05) is 0 Å². The molecule has 0 atom stereocenters. The highest BCUT2D eigenvalue weighted by atomic mass is 15.0. The minimum atomic E-state index is -0.400. The van der Waals surface area contributed by atoms with Crippen LogP contribution < -0.4 is 0 Å². The lowest BCUT2D eigenvalue weighted by Crippen LogP contribution is -2.15. The van der Waals surface area contributed by atoms with Crippen molar-refractivity contribution in [3.8, 4) is 22.5 Å². The summed E-state index contributed by atoms with van der Waals surface area (Å²) in [4.78, 5) is 0. The molecule has 6 aromatic carbocycles. The molecule has 0 amide bonds. The summed E-state index contributed by atoms with van der Waals surface area (Å²) >= 11 is 0. The van der Waals surface area contributed by atoms with E-state index in [9.17, 15) is 0 Å². The van der Waals surface area contributed by atoms with Crippen LogP contribution in [0.3, 0.4) is 0 Å². The van der Waals surface area contributed by atoms with Crippen molar-refractivity contribution in [3.63, 3.8) is 0 Å². The second kappa shape index (κ2) is 7.99. The van der Waals surface area contributed by atoms with Crippen molar-refractivity contribution >= 4 is 43.6 Å². The van der Waals surface area contributed by atoms with Gasteiger partial charge in [-0.1, -0.05) is 111 Å². The van der Waals surface area contributed by atoms with Crippen LogP contribution in [0.4, 0.5) is 0 Å². The van der Waals surface area contributed by atoms with Gasteiger partial charge in [-0.2, -0.15) is 0 Å². The summed E-state index contributed by atoms with van der Waals surface area (Å²) in [6, 6.07) is 34.3. The topological polar surface area (TPSA) is 9.86 Å². The molecule has 2 aromatic heterocycles. The number of rotatable bonds is 2. The lowest BCUT2D eigenvalue weighted by Gasteiger charge is -2.22. The van der Waals surface area contributed by atoms with Crippen molar-refractivity contribution in [3.05, 3.63) is 144 Å². The number of nitrogens with zero attached hydrogens (tertiary/aromatic N) is 2. The predicted octanol–water partition coefficient (Wildman–Crippen LogP) is 10.2. The van der Waals surface area contributed by atoms with Crippen molar-refractivity contribution < 1.29 is 6.85 Å². The molecule has 0 saturated carbocycles. The van der Waals surface area contributed by atoms with Gasteiger partial charge in [0.1, 0.15) is 0 Å². The van der Waals surface area contributed by atoms with E-state index in [4.69, 9.17) is 6.85 Å². The summed E-state index contributed by atoms with van der Waals surface area (Å²) in [5.41, 5.74) is 9.80. The maximum absolute atomic E-state index is 8.88. The number of hydrogen-bond acceptors (Lipinski definition) is 0. The zero-order valence-corrected chi connectivity index (χ0v) is 22.7. The number of para-hydroxylation sites is 3. The van der Waals surface area contributed by atoms with Crippen LogP contribution in [0.15, 0.2) is 133 Å². The van der Waals surface area contributed by atoms with Crippen LogP contribution in [-0.2, 0) is 5.41 Å². The van der Waals surface area contributed by atoms with Gasteiger partial charge in [-0.3, -0.25) is 0 Å². The van der Waals surface area contributed by atoms with Crippen molar-refractivity contribution in [2.45, 2.75) is 19.3 Å². The highest BCUT2D eigenvalue weighted by molar-refractivity contribution is 6.26. The molecule has 0 radical (unpaired) electrons. The Hall–Kier alpha value is -5.08. The first-order chi connectivity index (χ1) is 22.2. The molecule has 8 aromatic rings. The average molecular weight is 530 g/mol. The molecule has 0 fully saturated rings. The van der Waals surface area contributed by atoms with E-state index in [1.54, 1.807) is 0 Å². The number of aromatic nitrogens is 2. The average Bonchev–Trinajstić information content (AvgIpc) is 3.67. The third-order valence-electron chi connectivity index (χ3n) is 9.01. The fourth-order valence-corrected chi connectivity index (χ4v) is 7.28. The summed E-state index contributed by atoms with van der Waals surface area (Å²) in [5.74, 6) is 0. The standard InChI is InChI=1S/C39H28N2/c1-39(2)30-18-9-6-16-28(30)36-31(39)19-12-22-34(36)41-32-20-10-7-15-26(32)27-23-24-35-37(38(27)41)29-17-8-11-21-33(29)40(35)25-13-4-3-5-14-25/h3-24H,1-2H3/i3D,4D,5D,13D,14D. The molecule has 0 aliphatic heterocycles. The molecule has 1 aliphatic carbocycles. The summed E-state index contributed by atoms with van der Waals surface area (Å²) in [7, 11) is 0. The predicted molar refractivity (Wildman–Crippen MR) is 173 cm³/mol. The minimum absolute atomic E-state index is 0.149. The van der Waals surface area contributed by atoms with E-state index in [-0.39, 0.29) is 35.3 Å². The van der Waals surface area contributed by atoms with E-state index in [1.165, 1.54) is 22.3 Å². The van der Waals surface area contributed by atoms with Crippen molar-refractivity contribution in [2.24, 2.45) is 0 Å². The molecular formula is C39H28N2. The molecule has 2 nitrogen and oxygen atoms in total. The quantitative estimate of drug-likeness (QED) is 0.211. The van der Waals surface area contributed by atoms with Gasteiger partial charge in [0.05, 0.1) is 34.6 Å². The lowest BCUT2D eigenvalue weighted by atomic mass is 9.82. The Morgan fingerprint density at radius 3 is 2.07 bits per heavy atom. The fourth-order valence-electron chi connectivity index (χ4n) is 7.28. The van der Waals surface area contributed by atoms with Crippen LogP contribution in [0, 0.1) is 0 Å². The van der Waals surface area contributed by atoms with Crippen LogP contribution in [-0.4, -0.2) is 9.13 Å². The molecule has 9 rings (SSSR count). The monoisotopic (exact) mass is 529 g/mol. The molecule has 0 unspecified atom stereocenters. The Morgan fingerprint density at radius 1 is 0.561 bits per heavy atom. The van der Waals surface area contributed by atoms with Crippen LogP contribution in [0.5, 0.6) is 0 Å². The number of fused-ring (bicyclic) bond motifs is 10. The molecule has 194 valence electrons. The molecule has 1 aliphatic rings. The first-order valence-electron chi connectivity index (χ1n) is 16.5. The second-order valence-electron chi connectivity index (χ2n) is 11.4. The molecule has 2 heteroatoms. The van der Waals surface area contributed by atoms with Crippen molar-refractivity contribution in [1.29, 1.82) is 0 Å². The normalized spacial score (nSPS) is 15.5. The summed E-state index contributed by atoms with van der Waals surface area (Å²) in [6.07, 6.45) is 0. The van der Waals surface area contributed by atoms with Crippen molar-refractivity contribution in [1.82, 2.24) is 9.13 Å². The Labute approximate surface area is 245 Å². The Balaban J connectivity index is 1.51. The number of benzene rings is 6. The zero-order chi connectivity index (χ0) is 31.6. The van der Waals surface area contributed by atoms with Gasteiger partial charge >= 0.3 is 0 Å². The van der Waals surface area contributed by atoms with E-state index in [2.05, 4.69) is 97.3 Å². The largest absolute Gasteiger partial charge is 0.309 e. The minimum Gasteiger partial charge on any atom is -0.309 e. The molecule has 0 saturated heterocycles. The third kappa shape index (κ3) is 2.87. The van der Waals surface area contributed by atoms with Gasteiger partial charge < -0.3 is 9.13 Å². The molecular weight excluding hydrogens is 496 g/mol. The Kier molecular flexibility index (Phi) is 3.57. The van der Waals surface area contributed by atoms with E-state index in [0.29, 0.717) is 0 Å². The molecule has 2 heterocycles. The number of hydrogen-bond donors (Lipinski definition) is 0. The van der Waals surface area contributed by atoms with Crippen LogP contribution in [0.25, 0.3) is 66.1 Å². The van der Waals surface area contributed by atoms with E-state index in [1.807, 2.05) is 28.8 Å². The van der Waals surface area contributed by atoms with E-state index in [0.717, 1.165) is 49.3 Å². The summed E-state index contributed by atoms with van der Waals surface area (Å²) in [6.45, 7) is 4.58. The van der Waals surface area contributed by atoms with Crippen LogP contribution in [0.2, 0.25) is 0 Å². The van der Waals surface area contributed by atoms with Gasteiger partial charge in [-0.25, -0.2) is 0 Å². The van der Waals surface area contributed by atoms with E-state index >= 15 is 0 Å². The first-order valence-corrected chi connectivity index (χ1v) is 14.0. The Bertz CT molecular complexity index is 2600. The maximum Gasteiger partial charge on any atom is 0.0645 e. The fraction of sp³-hybridized carbons (Fsp3) is 0.0769. The van der Waals surface area contributed by atoms with Gasteiger partial charge in [0.2, 0.25) is 0 Å². The van der Waals surface area contributed by atoms with Gasteiger partial charge in [0, 0.05) is 38.2 Å². The van der Waals surface area contributed by atoms with Crippen LogP contribution in [0.1, 0.15) is 31.8 Å². The SMILES string of the molecule is [2H]c1c([2H])c([2H])c(-n2c3ccccc3c3c2ccc2c4ccccc4n(-c4cccc5c4-c4ccccc4C5(C)C)c23)c([2H])c1[2H]. The highest BCUT2D eigenvalue weighted by Crippen LogP contribution is 2.52. The highest BCUT2D eigenvalue weighted by Gasteiger charge is 2.37. The Morgan fingerprint density at radius 2 is 1.24 bits per heavy atom. The molecule has 0 bridgehead atoms. The van der Waals surface area contributed by atoms with Gasteiger partial charge in [0.25, 0.3) is 0 Å². The smallest absolute Gasteiger partial charge is 0.0645 e. The summed E-state index contributed by atoms with van der Waals surface area (Å²) in [5, 5.41) is 4.14.